The molecule has 1 N–H and O–H groups in total. The van der Waals surface area contributed by atoms with E-state index in [2.05, 4.69) is 144 Å². The van der Waals surface area contributed by atoms with Gasteiger partial charge in [0.2, 0.25) is 0 Å². The Kier molecular flexibility index (Phi) is 12.5. The maximum Gasteiger partial charge on any atom is 0.343 e. The van der Waals surface area contributed by atoms with E-state index in [4.69, 9.17) is 14.2 Å². The molecule has 2 unspecified atom stereocenters. The monoisotopic (exact) mass is 939 g/mol. The molecule has 0 saturated carbocycles. The molecule has 7 aromatic carbocycles. The van der Waals surface area contributed by atoms with Crippen LogP contribution in [0.4, 0.5) is 17.1 Å². The fourth-order valence-electron chi connectivity index (χ4n) is 11.2. The molecule has 3 aliphatic heterocycles. The molecule has 0 spiro atoms. The Balaban J connectivity index is 0.906. The second-order valence-electron chi connectivity index (χ2n) is 19.2. The van der Waals surface area contributed by atoms with Crippen molar-refractivity contribution in [2.45, 2.75) is 63.6 Å². The summed E-state index contributed by atoms with van der Waals surface area (Å²) in [5.74, 6) is 1.65. The minimum absolute atomic E-state index is 0.352. The number of benzene rings is 7. The molecule has 3 heterocycles. The topological polar surface area (TPSA) is 74.7 Å². The van der Waals surface area contributed by atoms with Crippen LogP contribution >= 0.6 is 0 Å². The summed E-state index contributed by atoms with van der Waals surface area (Å²) in [7, 11) is 1.74. The van der Waals surface area contributed by atoms with Crippen molar-refractivity contribution >= 4 is 39.9 Å². The van der Waals surface area contributed by atoms with Crippen molar-refractivity contribution in [1.29, 1.82) is 0 Å². The molecule has 0 amide bonds. The molecule has 0 radical (unpaired) electrons. The number of nitrogens with zero attached hydrogens (tertiary/aromatic N) is 3. The lowest BCUT2D eigenvalue weighted by atomic mass is 9.79. The number of aryl methyl sites for hydroxylation is 1. The molecule has 4 aliphatic rings. The van der Waals surface area contributed by atoms with Gasteiger partial charge in [-0.2, -0.15) is 0 Å². The van der Waals surface area contributed by atoms with Crippen LogP contribution in [0.5, 0.6) is 17.2 Å². The van der Waals surface area contributed by atoms with Crippen LogP contribution in [0.15, 0.2) is 170 Å². The van der Waals surface area contributed by atoms with Crippen LogP contribution < -0.4 is 28.9 Å². The third kappa shape index (κ3) is 8.34. The second-order valence-corrected chi connectivity index (χ2v) is 19.2. The van der Waals surface area contributed by atoms with E-state index in [-0.39, 0.29) is 5.97 Å². The number of unbranched alkanes of at least 4 members (excludes halogenated alkanes) is 3. The predicted octanol–water partition coefficient (Wildman–Crippen LogP) is 13.4. The molecule has 1 saturated heterocycles. The van der Waals surface area contributed by atoms with Gasteiger partial charge in [0, 0.05) is 77.9 Å². The third-order valence-corrected chi connectivity index (χ3v) is 15.1. The fourth-order valence-corrected chi connectivity index (χ4v) is 11.2. The molecule has 0 bridgehead atoms. The first-order valence-corrected chi connectivity index (χ1v) is 25.4. The Morgan fingerprint density at radius 1 is 0.732 bits per heavy atom. The quantitative estimate of drug-likeness (QED) is 0.0657. The minimum Gasteiger partial charge on any atom is -0.495 e. The number of fused-ring (bicyclic) bond motifs is 8. The van der Waals surface area contributed by atoms with Crippen molar-refractivity contribution in [2.24, 2.45) is 0 Å². The standard InChI is InChI=1S/C63H61N3O5/c1-4-6-7-10-17-44-22-24-45(25-23-44)61(67)70-50-32-30-49(31-33-50)65-38-40-66(41-39-65)56-42-53-54(43-57(56)69-3)60-52(59-58(53)51-20-13-14-21-55(51)62(59,68)5-2)34-35-63(71-60,46-18-11-8-12-19-46)47-26-28-48(29-27-47)64-36-15-9-16-37-64/h8-9,11-16,18-36,42-43,68H,4-7,10,17,37-41H2,1-3H3. The average molecular weight is 940 g/mol. The zero-order valence-corrected chi connectivity index (χ0v) is 40.9. The first-order chi connectivity index (χ1) is 34.8. The van der Waals surface area contributed by atoms with E-state index < -0.39 is 11.2 Å². The van der Waals surface area contributed by atoms with Crippen molar-refractivity contribution in [3.8, 4) is 28.4 Å². The SMILES string of the molecule is CCCCCCc1ccc(C(=O)Oc2ccc(N3CCN(c4cc5c6c(c7c(c5cc4OC)OC(c4ccccc4)(c4ccc(N5C=CC=CC5)cc4)C=C7)C(O)(CC)c4ccccc4-6)CC3)cc2)cc1. The van der Waals surface area contributed by atoms with Crippen molar-refractivity contribution in [1.82, 2.24) is 0 Å². The van der Waals surface area contributed by atoms with Crippen LogP contribution in [0.25, 0.3) is 28.0 Å². The molecule has 1 aliphatic carbocycles. The Morgan fingerprint density at radius 3 is 2.17 bits per heavy atom. The van der Waals surface area contributed by atoms with Gasteiger partial charge < -0.3 is 34.0 Å². The van der Waals surface area contributed by atoms with Crippen LogP contribution in [0.2, 0.25) is 0 Å². The largest absolute Gasteiger partial charge is 0.495 e. The molecule has 11 rings (SSSR count). The number of anilines is 3. The number of carbonyl (C=O) groups is 1. The Hall–Kier alpha value is -7.55. The van der Waals surface area contributed by atoms with Crippen LogP contribution in [0.1, 0.15) is 89.7 Å². The number of hydrogen-bond acceptors (Lipinski definition) is 8. The van der Waals surface area contributed by atoms with Gasteiger partial charge >= 0.3 is 5.97 Å². The molecule has 1 fully saturated rings. The number of methoxy groups -OCH3 is 1. The van der Waals surface area contributed by atoms with Crippen LogP contribution in [0, 0.1) is 0 Å². The van der Waals surface area contributed by atoms with E-state index in [1.165, 1.54) is 24.8 Å². The molecule has 8 nitrogen and oxygen atoms in total. The van der Waals surface area contributed by atoms with Gasteiger partial charge in [-0.1, -0.05) is 130 Å². The molecule has 8 heteroatoms. The summed E-state index contributed by atoms with van der Waals surface area (Å²) in [6.07, 6.45) is 19.1. The van der Waals surface area contributed by atoms with Crippen molar-refractivity contribution < 1.29 is 24.1 Å². The minimum atomic E-state index is -1.23. The number of aliphatic hydroxyl groups is 1. The first kappa shape index (κ1) is 45.9. The Morgan fingerprint density at radius 2 is 1.45 bits per heavy atom. The molecule has 358 valence electrons. The van der Waals surface area contributed by atoms with E-state index in [0.29, 0.717) is 23.5 Å². The summed E-state index contributed by atoms with van der Waals surface area (Å²) >= 11 is 0. The van der Waals surface area contributed by atoms with E-state index in [1.54, 1.807) is 7.11 Å². The summed E-state index contributed by atoms with van der Waals surface area (Å²) in [6.45, 7) is 8.17. The number of rotatable bonds is 14. The number of esters is 1. The molecule has 2 atom stereocenters. The number of carbonyl (C=O) groups excluding carboxylic acids is 1. The highest BCUT2D eigenvalue weighted by molar-refractivity contribution is 6.10. The van der Waals surface area contributed by atoms with Gasteiger partial charge in [0.25, 0.3) is 0 Å². The maximum absolute atomic E-state index is 13.1. The number of allylic oxidation sites excluding steroid dienone is 2. The van der Waals surface area contributed by atoms with Gasteiger partial charge in [0.15, 0.2) is 5.60 Å². The molecule has 7 aromatic rings. The lowest BCUT2D eigenvalue weighted by Gasteiger charge is -2.39. The predicted molar refractivity (Wildman–Crippen MR) is 288 cm³/mol. The van der Waals surface area contributed by atoms with E-state index >= 15 is 0 Å². The van der Waals surface area contributed by atoms with Crippen LogP contribution in [-0.4, -0.2) is 50.9 Å². The number of hydrogen-bond donors (Lipinski definition) is 1. The van der Waals surface area contributed by atoms with Crippen molar-refractivity contribution in [3.63, 3.8) is 0 Å². The summed E-state index contributed by atoms with van der Waals surface area (Å²) in [4.78, 5) is 20.1. The summed E-state index contributed by atoms with van der Waals surface area (Å²) in [5, 5.41) is 14.9. The highest BCUT2D eigenvalue weighted by atomic mass is 16.5. The number of piperazine rings is 1. The average Bonchev–Trinajstić information content (AvgIpc) is 3.71. The van der Waals surface area contributed by atoms with E-state index in [0.717, 1.165) is 118 Å². The molecule has 71 heavy (non-hydrogen) atoms. The summed E-state index contributed by atoms with van der Waals surface area (Å²) in [5.41, 5.74) is 9.51. The second kappa shape index (κ2) is 19.3. The zero-order chi connectivity index (χ0) is 48.5. The van der Waals surface area contributed by atoms with Gasteiger partial charge in [-0.3, -0.25) is 0 Å². The van der Waals surface area contributed by atoms with Crippen molar-refractivity contribution in [3.05, 3.63) is 209 Å². The van der Waals surface area contributed by atoms with Gasteiger partial charge in [0.1, 0.15) is 22.8 Å². The smallest absolute Gasteiger partial charge is 0.343 e. The molecular weight excluding hydrogens is 879 g/mol. The lowest BCUT2D eigenvalue weighted by Crippen LogP contribution is -2.46. The molecule has 0 aromatic heterocycles. The van der Waals surface area contributed by atoms with Crippen LogP contribution in [0.3, 0.4) is 0 Å². The van der Waals surface area contributed by atoms with E-state index in [1.807, 2.05) is 60.7 Å². The zero-order valence-electron chi connectivity index (χ0n) is 40.9. The van der Waals surface area contributed by atoms with Crippen LogP contribution in [-0.2, 0) is 17.6 Å². The van der Waals surface area contributed by atoms with Gasteiger partial charge in [-0.05, 0) is 120 Å². The lowest BCUT2D eigenvalue weighted by molar-refractivity contribution is 0.0734. The van der Waals surface area contributed by atoms with Gasteiger partial charge in [-0.15, -0.1) is 0 Å². The molecular formula is C63H61N3O5. The summed E-state index contributed by atoms with van der Waals surface area (Å²) < 4.78 is 19.8. The highest BCUT2D eigenvalue weighted by Crippen LogP contribution is 2.59. The third-order valence-electron chi connectivity index (χ3n) is 15.1. The Bertz CT molecular complexity index is 3170. The first-order valence-electron chi connectivity index (χ1n) is 25.4. The fraction of sp³-hybridized carbons (Fsp3) is 0.254. The number of ether oxygens (including phenoxy) is 3. The normalized spacial score (nSPS) is 18.8. The van der Waals surface area contributed by atoms with Gasteiger partial charge in [-0.25, -0.2) is 4.79 Å². The Labute approximate surface area is 417 Å². The van der Waals surface area contributed by atoms with Crippen molar-refractivity contribution in [2.75, 3.05) is 54.5 Å². The summed E-state index contributed by atoms with van der Waals surface area (Å²) in [6, 6.07) is 47.5. The maximum atomic E-state index is 13.1. The highest BCUT2D eigenvalue weighted by Gasteiger charge is 2.47. The van der Waals surface area contributed by atoms with E-state index in [9.17, 15) is 9.90 Å². The van der Waals surface area contributed by atoms with Gasteiger partial charge in [0.05, 0.1) is 18.4 Å².